The Bertz CT molecular complexity index is 1290. The van der Waals surface area contributed by atoms with E-state index in [0.717, 1.165) is 28.9 Å². The lowest BCUT2D eigenvalue weighted by Crippen LogP contribution is -3.00. The second-order valence-electron chi connectivity index (χ2n) is 13.8. The molecule has 1 heterocycles. The summed E-state index contributed by atoms with van der Waals surface area (Å²) < 4.78 is 24.6. The Morgan fingerprint density at radius 3 is 1.90 bits per heavy atom. The summed E-state index contributed by atoms with van der Waals surface area (Å²) in [6.07, 6.45) is 14.7. The van der Waals surface area contributed by atoms with Gasteiger partial charge in [-0.2, -0.15) is 0 Å². The molecule has 0 aliphatic heterocycles. The number of amides is 1. The first-order valence-electron chi connectivity index (χ1n) is 18.9. The maximum atomic E-state index is 14.0. The lowest BCUT2D eigenvalue weighted by molar-refractivity contribution is -0.157. The highest BCUT2D eigenvalue weighted by atomic mass is 35.5. The van der Waals surface area contributed by atoms with E-state index in [1.54, 1.807) is 7.11 Å². The number of aromatic nitrogens is 1. The van der Waals surface area contributed by atoms with Crippen LogP contribution < -0.4 is 17.7 Å². The molecule has 1 amide bonds. The summed E-state index contributed by atoms with van der Waals surface area (Å²) in [5, 5.41) is 3.15. The van der Waals surface area contributed by atoms with Crippen LogP contribution in [0.2, 0.25) is 0 Å². The predicted molar refractivity (Wildman–Crippen MR) is 207 cm³/mol. The Hall–Kier alpha value is -2.32. The van der Waals surface area contributed by atoms with Gasteiger partial charge in [0.05, 0.1) is 44.3 Å². The van der Waals surface area contributed by atoms with Crippen molar-refractivity contribution in [3.63, 3.8) is 0 Å². The molecule has 8 nitrogen and oxygen atoms in total. The first-order valence-corrected chi connectivity index (χ1v) is 21.4. The minimum Gasteiger partial charge on any atom is -1.00 e. The van der Waals surface area contributed by atoms with Gasteiger partial charge in [0.2, 0.25) is 0 Å². The molecule has 10 heteroatoms. The molecule has 3 atom stereocenters. The number of methoxy groups -OCH3 is 1. The van der Waals surface area contributed by atoms with Crippen LogP contribution in [0.4, 0.5) is 0 Å². The average Bonchev–Trinajstić information content (AvgIpc) is 3.58. The van der Waals surface area contributed by atoms with Crippen molar-refractivity contribution in [2.75, 3.05) is 52.8 Å². The molecular weight excluding hydrogens is 681 g/mol. The van der Waals surface area contributed by atoms with Gasteiger partial charge in [-0.25, -0.2) is 4.98 Å². The Labute approximate surface area is 315 Å². The smallest absolute Gasteiger partial charge is 0.251 e. The van der Waals surface area contributed by atoms with E-state index in [4.69, 9.17) is 23.6 Å². The van der Waals surface area contributed by atoms with Crippen molar-refractivity contribution in [1.82, 2.24) is 15.2 Å². The third-order valence-electron chi connectivity index (χ3n) is 9.42. The summed E-state index contributed by atoms with van der Waals surface area (Å²) in [7, 11) is 4.51. The molecule has 1 N–H and O–H groups in total. The number of carbonyl (C=O) groups is 1. The molecule has 2 aromatic carbocycles. The highest BCUT2D eigenvalue weighted by molar-refractivity contribution is 7.75. The van der Waals surface area contributed by atoms with Crippen LogP contribution >= 0.6 is 7.26 Å². The summed E-state index contributed by atoms with van der Waals surface area (Å²) in [4.78, 5) is 21.0. The number of rotatable bonds is 27. The van der Waals surface area contributed by atoms with Crippen LogP contribution in [0.15, 0.2) is 71.3 Å². The van der Waals surface area contributed by atoms with Crippen LogP contribution in [0.1, 0.15) is 88.4 Å². The van der Waals surface area contributed by atoms with Crippen molar-refractivity contribution in [2.45, 2.75) is 110 Å². The van der Waals surface area contributed by atoms with Gasteiger partial charge in [-0.15, -0.1) is 0 Å². The molecule has 0 saturated carbocycles. The van der Waals surface area contributed by atoms with Crippen LogP contribution in [0.3, 0.4) is 0 Å². The van der Waals surface area contributed by atoms with E-state index in [0.29, 0.717) is 32.6 Å². The Balaban J connectivity index is 0.00000901. The molecule has 0 unspecified atom stereocenters. The lowest BCUT2D eigenvalue weighted by atomic mass is 10.0. The molecule has 3 rings (SSSR count). The van der Waals surface area contributed by atoms with Crippen molar-refractivity contribution in [1.29, 1.82) is 0 Å². The first kappa shape index (κ1) is 44.8. The third kappa shape index (κ3) is 16.1. The number of nitrogens with zero attached hydrogens (tertiary/aromatic N) is 2. The fourth-order valence-electron chi connectivity index (χ4n) is 6.44. The van der Waals surface area contributed by atoms with Gasteiger partial charge in [-0.1, -0.05) is 101 Å². The van der Waals surface area contributed by atoms with Crippen LogP contribution in [-0.4, -0.2) is 86.9 Å². The molecule has 51 heavy (non-hydrogen) atoms. The van der Waals surface area contributed by atoms with Gasteiger partial charge in [-0.3, -0.25) is 4.79 Å². The number of carbonyl (C=O) groups excluding carboxylic acids is 1. The minimum absolute atomic E-state index is 0. The standard InChI is InChI=1S/C41H64N3O5P.ClH/c1-7-10-26-50(27-11-8-2,28-12-9-3)33-36-31-47-38(43-36)24-19-25-42-41(45)40(49-30-35-22-17-14-18-23-35)39(37(32-46-6)44(4)5)48-29-34-20-15-13-16-21-34;/h13-18,20-23,31,37,39-40H,7-12,19,24-30,32-33H2,1-6H3;1H/t37-,39-,40-;/m0./s1. The summed E-state index contributed by atoms with van der Waals surface area (Å²) in [6.45, 7) is 8.41. The number of hydrogen-bond acceptors (Lipinski definition) is 7. The van der Waals surface area contributed by atoms with Crippen LogP contribution in [0.25, 0.3) is 0 Å². The van der Waals surface area contributed by atoms with Gasteiger partial charge in [0.15, 0.2) is 12.0 Å². The zero-order valence-electron chi connectivity index (χ0n) is 32.2. The van der Waals surface area contributed by atoms with E-state index in [1.807, 2.05) is 85.9 Å². The second kappa shape index (κ2) is 25.6. The fourth-order valence-corrected chi connectivity index (χ4v) is 11.4. The Morgan fingerprint density at radius 1 is 0.843 bits per heavy atom. The van der Waals surface area contributed by atoms with Crippen LogP contribution in [0.5, 0.6) is 0 Å². The number of aryl methyl sites for hydroxylation is 1. The highest BCUT2D eigenvalue weighted by Crippen LogP contribution is 2.63. The number of benzene rings is 2. The highest BCUT2D eigenvalue weighted by Gasteiger charge is 2.38. The number of unbranched alkanes of at least 4 members (excludes halogenated alkanes) is 3. The Morgan fingerprint density at radius 2 is 1.39 bits per heavy atom. The number of likely N-dealkylation sites (N-methyl/N-ethyl adjacent to an activating group) is 1. The average molecular weight is 746 g/mol. The minimum atomic E-state index is -1.11. The molecule has 0 radical (unpaired) electrons. The summed E-state index contributed by atoms with van der Waals surface area (Å²) in [6, 6.07) is 19.7. The summed E-state index contributed by atoms with van der Waals surface area (Å²) in [5.41, 5.74) is 3.13. The van der Waals surface area contributed by atoms with Crippen molar-refractivity contribution in [3.8, 4) is 0 Å². The number of ether oxygens (including phenoxy) is 3. The number of hydrogen-bond donors (Lipinski definition) is 1. The molecular formula is C41H65ClN3O5P. The largest absolute Gasteiger partial charge is 1.00 e. The van der Waals surface area contributed by atoms with E-state index in [-0.39, 0.29) is 31.0 Å². The van der Waals surface area contributed by atoms with Gasteiger partial charge >= 0.3 is 0 Å². The van der Waals surface area contributed by atoms with Gasteiger partial charge < -0.3 is 41.3 Å². The van der Waals surface area contributed by atoms with Crippen LogP contribution in [0, 0.1) is 0 Å². The molecule has 0 saturated heterocycles. The molecule has 0 fully saturated rings. The summed E-state index contributed by atoms with van der Waals surface area (Å²) >= 11 is 0. The second-order valence-corrected chi connectivity index (χ2v) is 18.2. The Kier molecular flexibility index (Phi) is 22.5. The number of nitrogens with one attached hydrogen (secondary N) is 1. The van der Waals surface area contributed by atoms with Gasteiger partial charge in [0, 0.05) is 27.3 Å². The zero-order chi connectivity index (χ0) is 36.0. The molecule has 3 aromatic rings. The van der Waals surface area contributed by atoms with Crippen molar-refractivity contribution >= 4 is 13.2 Å². The zero-order valence-corrected chi connectivity index (χ0v) is 33.8. The van der Waals surface area contributed by atoms with E-state index in [1.165, 1.54) is 57.0 Å². The van der Waals surface area contributed by atoms with E-state index in [2.05, 4.69) is 26.1 Å². The van der Waals surface area contributed by atoms with E-state index < -0.39 is 19.5 Å². The SMILES string of the molecule is CCCC[P+](CCCC)(CCCC)Cc1coc(CCCNC(=O)[C@@H](OCc2ccccc2)[C@@H](OCc2ccccc2)[C@H](COC)N(C)C)n1.[Cl-]. The van der Waals surface area contributed by atoms with Gasteiger partial charge in [0.1, 0.15) is 24.2 Å². The number of oxazole rings is 1. The number of halogens is 1. The molecule has 0 bridgehead atoms. The molecule has 0 aliphatic carbocycles. The molecule has 286 valence electrons. The maximum Gasteiger partial charge on any atom is 0.251 e. The van der Waals surface area contributed by atoms with E-state index in [9.17, 15) is 4.79 Å². The van der Waals surface area contributed by atoms with Crippen molar-refractivity contribution in [3.05, 3.63) is 89.6 Å². The first-order chi connectivity index (χ1) is 24.3. The monoisotopic (exact) mass is 745 g/mol. The third-order valence-corrected chi connectivity index (χ3v) is 14.2. The van der Waals surface area contributed by atoms with Gasteiger partial charge in [-0.05, 0) is 50.9 Å². The quantitative estimate of drug-likeness (QED) is 0.0828. The lowest BCUT2D eigenvalue weighted by Gasteiger charge is -2.36. The molecule has 0 aliphatic rings. The van der Waals surface area contributed by atoms with Gasteiger partial charge in [0.25, 0.3) is 5.91 Å². The van der Waals surface area contributed by atoms with E-state index >= 15 is 0 Å². The van der Waals surface area contributed by atoms with Crippen molar-refractivity contribution < 1.29 is 35.8 Å². The maximum absolute atomic E-state index is 14.0. The molecule has 0 spiro atoms. The molecule has 1 aromatic heterocycles. The van der Waals surface area contributed by atoms with Crippen LogP contribution in [-0.2, 0) is 44.8 Å². The fraction of sp³-hybridized carbons (Fsp3) is 0.610. The topological polar surface area (TPSA) is 86.1 Å². The van der Waals surface area contributed by atoms with Crippen molar-refractivity contribution in [2.24, 2.45) is 0 Å². The predicted octanol–water partition coefficient (Wildman–Crippen LogP) is 5.39. The normalized spacial score (nSPS) is 13.5. The summed E-state index contributed by atoms with van der Waals surface area (Å²) in [5.74, 6) is 0.551.